The standard InChI is InChI=1S/CH2O3.Ca/c2-1(3)4;/h(H2,2,3,4);/q;+2/p+2. The molecule has 2 N–H and O–H groups in total. The van der Waals surface area contributed by atoms with E-state index in [-0.39, 0.29) is 40.6 Å². The van der Waals surface area contributed by atoms with Crippen LogP contribution in [0.2, 0.25) is 0 Å². The van der Waals surface area contributed by atoms with Crippen LogP contribution in [0.3, 0.4) is 0 Å². The monoisotopic (exact) mass is 104 g/mol. The molecule has 0 spiro atoms. The van der Waals surface area contributed by atoms with Crippen molar-refractivity contribution in [2.75, 3.05) is 0 Å². The van der Waals surface area contributed by atoms with Crippen LogP contribution >= 0.6 is 0 Å². The van der Waals surface area contributed by atoms with Crippen LogP contribution in [0.1, 0.15) is 2.85 Å². The van der Waals surface area contributed by atoms with Crippen LogP contribution in [0, 0.1) is 0 Å². The number of hydrogen-bond donors (Lipinski definition) is 2. The maximum Gasteiger partial charge on any atom is 2.00 e. The molecule has 4 heteroatoms. The summed E-state index contributed by atoms with van der Waals surface area (Å²) in [7, 11) is 0. The Morgan fingerprint density at radius 1 is 1.60 bits per heavy atom. The van der Waals surface area contributed by atoms with E-state index in [1.54, 1.807) is 0 Å². The van der Waals surface area contributed by atoms with Crippen molar-refractivity contribution in [2.45, 2.75) is 0 Å². The van der Waals surface area contributed by atoms with Gasteiger partial charge in [-0.15, -0.1) is 0 Å². The molecule has 0 unspecified atom stereocenters. The smallest absolute Gasteiger partial charge is 0.450 e. The molecule has 0 atom stereocenters. The van der Waals surface area contributed by atoms with E-state index in [0.29, 0.717) is 0 Å². The first kappa shape index (κ1) is 9.11. The van der Waals surface area contributed by atoms with Crippen molar-refractivity contribution in [3.05, 3.63) is 0 Å². The second-order valence-electron chi connectivity index (χ2n) is 0.283. The van der Waals surface area contributed by atoms with E-state index in [4.69, 9.17) is 15.0 Å². The van der Waals surface area contributed by atoms with E-state index in [9.17, 15) is 0 Å². The molecule has 0 heterocycles. The summed E-state index contributed by atoms with van der Waals surface area (Å²) in [4.78, 5) is 8.56. The summed E-state index contributed by atoms with van der Waals surface area (Å²) >= 11 is 0. The van der Waals surface area contributed by atoms with E-state index in [1.165, 1.54) is 0 Å². The summed E-state index contributed by atoms with van der Waals surface area (Å²) in [5.41, 5.74) is 0. The first-order valence-corrected chi connectivity index (χ1v) is 0.651. The normalized spacial score (nSPS) is 4.80. The molecular weight excluding hydrogens is 100 g/mol. The third-order valence-electron chi connectivity index (χ3n) is 0. The van der Waals surface area contributed by atoms with E-state index in [2.05, 4.69) is 0 Å². The van der Waals surface area contributed by atoms with Crippen LogP contribution in [-0.2, 0) is 0 Å². The first-order valence-electron chi connectivity index (χ1n) is 0.651. The molecule has 0 radical (unpaired) electrons. The minimum atomic E-state index is -1.83. The number of hydrogen-bond acceptors (Lipinski definition) is 1. The molecule has 0 aliphatic heterocycles. The zero-order valence-corrected chi connectivity index (χ0v) is 4.72. The van der Waals surface area contributed by atoms with Gasteiger partial charge in [0.25, 0.3) is 0 Å². The van der Waals surface area contributed by atoms with Crippen molar-refractivity contribution in [1.29, 1.82) is 0 Å². The van der Waals surface area contributed by atoms with Crippen molar-refractivity contribution in [1.82, 2.24) is 0 Å². The predicted molar refractivity (Wildman–Crippen MR) is 18.6 cm³/mol. The van der Waals surface area contributed by atoms with Crippen LogP contribution in [0.25, 0.3) is 0 Å². The van der Waals surface area contributed by atoms with E-state index in [1.807, 2.05) is 0 Å². The summed E-state index contributed by atoms with van der Waals surface area (Å²) in [5.74, 6) is 0. The van der Waals surface area contributed by atoms with Gasteiger partial charge in [-0.1, -0.05) is 0 Å². The molecular formula is CH4CaO3+4. The Kier molecular flexibility index (Phi) is 8.25. The summed E-state index contributed by atoms with van der Waals surface area (Å²) in [6.45, 7) is 0. The molecule has 0 rings (SSSR count). The zero-order valence-electron chi connectivity index (χ0n) is 4.51. The molecule has 0 saturated heterocycles. The van der Waals surface area contributed by atoms with E-state index < -0.39 is 6.16 Å². The Morgan fingerprint density at radius 3 is 1.60 bits per heavy atom. The third-order valence-corrected chi connectivity index (χ3v) is 0. The SMILES string of the molecule is O=C(O)O.[Ca+2].[H+].[H+]. The second-order valence-corrected chi connectivity index (χ2v) is 0.283. The van der Waals surface area contributed by atoms with Gasteiger partial charge >= 0.3 is 46.7 Å². The Hall–Kier alpha value is 0.530. The van der Waals surface area contributed by atoms with Gasteiger partial charge in [-0.25, -0.2) is 4.79 Å². The van der Waals surface area contributed by atoms with Gasteiger partial charge in [0.1, 0.15) is 0 Å². The maximum atomic E-state index is 8.56. The zero-order chi connectivity index (χ0) is 3.58. The third kappa shape index (κ3) is 103. The molecule has 0 saturated carbocycles. The molecule has 24 valence electrons. The fraction of sp³-hybridized carbons (Fsp3) is 0. The van der Waals surface area contributed by atoms with Gasteiger partial charge in [-0.05, 0) is 0 Å². The van der Waals surface area contributed by atoms with Crippen molar-refractivity contribution >= 4 is 43.9 Å². The number of rotatable bonds is 0. The average molecular weight is 104 g/mol. The molecule has 3 nitrogen and oxygen atoms in total. The molecule has 0 aromatic rings. The minimum absolute atomic E-state index is 0. The molecule has 5 heavy (non-hydrogen) atoms. The number of carboxylic acid groups (broad SMARTS) is 2. The van der Waals surface area contributed by atoms with Crippen molar-refractivity contribution in [2.24, 2.45) is 0 Å². The molecule has 0 bridgehead atoms. The fourth-order valence-corrected chi connectivity index (χ4v) is 0. The van der Waals surface area contributed by atoms with E-state index in [0.717, 1.165) is 0 Å². The molecule has 0 fully saturated rings. The predicted octanol–water partition coefficient (Wildman–Crippen LogP) is 0.0666. The van der Waals surface area contributed by atoms with Crippen molar-refractivity contribution in [3.63, 3.8) is 0 Å². The van der Waals surface area contributed by atoms with Gasteiger partial charge in [0.2, 0.25) is 0 Å². The molecule has 0 aromatic carbocycles. The fourth-order valence-electron chi connectivity index (χ4n) is 0. The van der Waals surface area contributed by atoms with Crippen molar-refractivity contribution in [3.8, 4) is 0 Å². The molecule has 0 aliphatic rings. The quantitative estimate of drug-likeness (QED) is 0.427. The molecule has 0 aliphatic carbocycles. The Bertz CT molecular complexity index is 35.9. The molecule has 0 aromatic heterocycles. The largest absolute Gasteiger partial charge is 2.00 e. The Labute approximate surface area is 61.6 Å². The summed E-state index contributed by atoms with van der Waals surface area (Å²) in [6, 6.07) is 0. The van der Waals surface area contributed by atoms with Gasteiger partial charge in [0.15, 0.2) is 0 Å². The van der Waals surface area contributed by atoms with Crippen LogP contribution in [0.5, 0.6) is 0 Å². The first-order chi connectivity index (χ1) is 1.73. The number of carbonyl (C=O) groups is 1. The average Bonchev–Trinajstić information content (AvgIpc) is 0.811. The summed E-state index contributed by atoms with van der Waals surface area (Å²) < 4.78 is 0. The van der Waals surface area contributed by atoms with E-state index >= 15 is 0 Å². The van der Waals surface area contributed by atoms with Crippen molar-refractivity contribution < 1.29 is 17.9 Å². The Balaban J connectivity index is -0.0000000150. The van der Waals surface area contributed by atoms with Gasteiger partial charge in [-0.2, -0.15) is 0 Å². The Morgan fingerprint density at radius 2 is 1.60 bits per heavy atom. The summed E-state index contributed by atoms with van der Waals surface area (Å²) in [6.07, 6.45) is -1.83. The summed E-state index contributed by atoms with van der Waals surface area (Å²) in [5, 5.41) is 13.9. The van der Waals surface area contributed by atoms with Crippen LogP contribution in [-0.4, -0.2) is 54.1 Å². The molecule has 0 amide bonds. The topological polar surface area (TPSA) is 57.5 Å². The van der Waals surface area contributed by atoms with Crippen LogP contribution in [0.15, 0.2) is 0 Å². The van der Waals surface area contributed by atoms with Gasteiger partial charge in [0, 0.05) is 0 Å². The van der Waals surface area contributed by atoms with Gasteiger partial charge in [-0.3, -0.25) is 0 Å². The van der Waals surface area contributed by atoms with Crippen LogP contribution < -0.4 is 0 Å². The maximum absolute atomic E-state index is 8.56. The minimum Gasteiger partial charge on any atom is -0.450 e. The van der Waals surface area contributed by atoms with Gasteiger partial charge < -0.3 is 10.2 Å². The second kappa shape index (κ2) is 4.53. The van der Waals surface area contributed by atoms with Gasteiger partial charge in [0.05, 0.1) is 0 Å². The van der Waals surface area contributed by atoms with Crippen LogP contribution in [0.4, 0.5) is 4.79 Å².